The predicted octanol–water partition coefficient (Wildman–Crippen LogP) is 2.63. The van der Waals surface area contributed by atoms with Crippen LogP contribution in [0.25, 0.3) is 11.5 Å². The van der Waals surface area contributed by atoms with Crippen molar-refractivity contribution in [1.29, 1.82) is 0 Å². The molecule has 4 rings (SSSR count). The number of hydrogen-bond acceptors (Lipinski definition) is 7. The Morgan fingerprint density at radius 2 is 1.85 bits per heavy atom. The zero-order valence-electron chi connectivity index (χ0n) is 14.9. The molecule has 134 valence electrons. The third-order valence-corrected chi connectivity index (χ3v) is 4.83. The zero-order valence-corrected chi connectivity index (χ0v) is 14.9. The molecular weight excluding hydrogens is 330 g/mol. The Balaban J connectivity index is 1.45. The highest BCUT2D eigenvalue weighted by Crippen LogP contribution is 2.33. The summed E-state index contributed by atoms with van der Waals surface area (Å²) in [5.41, 5.74) is 1.77. The Morgan fingerprint density at radius 3 is 2.42 bits per heavy atom. The molecule has 0 saturated carbocycles. The van der Waals surface area contributed by atoms with Crippen LogP contribution in [0.3, 0.4) is 0 Å². The Bertz CT molecular complexity index is 881. The third-order valence-electron chi connectivity index (χ3n) is 4.83. The molecule has 0 radical (unpaired) electrons. The maximum atomic E-state index is 11.0. The Morgan fingerprint density at radius 1 is 1.04 bits per heavy atom. The number of anilines is 1. The molecule has 0 bridgehead atoms. The van der Waals surface area contributed by atoms with Crippen molar-refractivity contribution in [2.45, 2.75) is 32.3 Å². The fourth-order valence-electron chi connectivity index (χ4n) is 3.22. The van der Waals surface area contributed by atoms with E-state index >= 15 is 0 Å². The largest absolute Gasteiger partial charge is 0.383 e. The summed E-state index contributed by atoms with van der Waals surface area (Å²) >= 11 is 0. The molecule has 1 saturated heterocycles. The number of aromatic nitrogens is 4. The summed E-state index contributed by atoms with van der Waals surface area (Å²) < 4.78 is 5.17. The molecule has 0 atom stereocenters. The molecular formula is C19H21N5O2. The average Bonchev–Trinajstić information content (AvgIpc) is 3.09. The van der Waals surface area contributed by atoms with Gasteiger partial charge in [0, 0.05) is 25.5 Å². The standard InChI is InChI=1S/C19H21N5O2/c1-13-3-5-16(20-11-13)19(25)7-9-24(10-8-19)17-6-4-15(12-21-17)18-22-14(2)23-26-18/h3-6,11-12,25H,7-10H2,1-2H3. The SMILES string of the molecule is Cc1ccc(C2(O)CCN(c3ccc(-c4nc(C)no4)cn3)CC2)nc1. The van der Waals surface area contributed by atoms with E-state index in [4.69, 9.17) is 4.52 Å². The molecule has 1 fully saturated rings. The van der Waals surface area contributed by atoms with Gasteiger partial charge in [0.2, 0.25) is 0 Å². The lowest BCUT2D eigenvalue weighted by molar-refractivity contribution is 0.00748. The summed E-state index contributed by atoms with van der Waals surface area (Å²) in [6.07, 6.45) is 4.79. The van der Waals surface area contributed by atoms with Gasteiger partial charge in [-0.05, 0) is 50.5 Å². The van der Waals surface area contributed by atoms with Crippen LogP contribution in [0, 0.1) is 13.8 Å². The number of hydrogen-bond donors (Lipinski definition) is 1. The lowest BCUT2D eigenvalue weighted by Gasteiger charge is -2.38. The number of pyridine rings is 2. The number of nitrogens with zero attached hydrogens (tertiary/aromatic N) is 5. The van der Waals surface area contributed by atoms with Gasteiger partial charge >= 0.3 is 0 Å². The summed E-state index contributed by atoms with van der Waals surface area (Å²) in [7, 11) is 0. The van der Waals surface area contributed by atoms with E-state index in [9.17, 15) is 5.11 Å². The Labute approximate surface area is 151 Å². The first kappa shape index (κ1) is 16.7. The van der Waals surface area contributed by atoms with Crippen molar-refractivity contribution >= 4 is 5.82 Å². The van der Waals surface area contributed by atoms with Crippen LogP contribution in [0.5, 0.6) is 0 Å². The minimum Gasteiger partial charge on any atom is -0.383 e. The summed E-state index contributed by atoms with van der Waals surface area (Å²) in [6, 6.07) is 7.79. The van der Waals surface area contributed by atoms with Crippen LogP contribution >= 0.6 is 0 Å². The summed E-state index contributed by atoms with van der Waals surface area (Å²) in [6.45, 7) is 5.22. The van der Waals surface area contributed by atoms with Crippen LogP contribution in [0.4, 0.5) is 5.82 Å². The first-order chi connectivity index (χ1) is 12.5. The normalized spacial score (nSPS) is 16.7. The minimum absolute atomic E-state index is 0.472. The van der Waals surface area contributed by atoms with E-state index in [0.29, 0.717) is 24.6 Å². The highest BCUT2D eigenvalue weighted by molar-refractivity contribution is 5.54. The Kier molecular flexibility index (Phi) is 4.16. The lowest BCUT2D eigenvalue weighted by Crippen LogP contribution is -2.43. The molecule has 26 heavy (non-hydrogen) atoms. The average molecular weight is 351 g/mol. The second-order valence-corrected chi connectivity index (χ2v) is 6.79. The van der Waals surface area contributed by atoms with Gasteiger partial charge < -0.3 is 14.5 Å². The summed E-state index contributed by atoms with van der Waals surface area (Å²) in [4.78, 5) is 15.3. The second-order valence-electron chi connectivity index (χ2n) is 6.79. The zero-order chi connectivity index (χ0) is 18.1. The van der Waals surface area contributed by atoms with Crippen molar-refractivity contribution in [1.82, 2.24) is 20.1 Å². The van der Waals surface area contributed by atoms with Gasteiger partial charge in [-0.15, -0.1) is 0 Å². The van der Waals surface area contributed by atoms with E-state index in [1.807, 2.05) is 31.2 Å². The van der Waals surface area contributed by atoms with E-state index in [1.54, 1.807) is 19.3 Å². The molecule has 4 heterocycles. The monoisotopic (exact) mass is 351 g/mol. The molecule has 3 aromatic rings. The molecule has 0 spiro atoms. The third kappa shape index (κ3) is 3.17. The molecule has 3 aromatic heterocycles. The quantitative estimate of drug-likeness (QED) is 0.776. The number of rotatable bonds is 3. The van der Waals surface area contributed by atoms with Crippen molar-refractivity contribution in [3.63, 3.8) is 0 Å². The molecule has 0 amide bonds. The van der Waals surface area contributed by atoms with Crippen molar-refractivity contribution in [2.24, 2.45) is 0 Å². The fraction of sp³-hybridized carbons (Fsp3) is 0.368. The van der Waals surface area contributed by atoms with Gasteiger partial charge in [-0.1, -0.05) is 11.2 Å². The van der Waals surface area contributed by atoms with Gasteiger partial charge in [0.15, 0.2) is 5.82 Å². The number of aliphatic hydroxyl groups is 1. The molecule has 7 heteroatoms. The molecule has 1 aliphatic heterocycles. The van der Waals surface area contributed by atoms with Gasteiger partial charge in [-0.25, -0.2) is 4.98 Å². The highest BCUT2D eigenvalue weighted by Gasteiger charge is 2.35. The Hall–Kier alpha value is -2.80. The van der Waals surface area contributed by atoms with E-state index < -0.39 is 5.60 Å². The first-order valence-corrected chi connectivity index (χ1v) is 8.71. The molecule has 0 unspecified atom stereocenters. The van der Waals surface area contributed by atoms with Crippen LogP contribution in [-0.2, 0) is 5.60 Å². The maximum absolute atomic E-state index is 11.0. The van der Waals surface area contributed by atoms with E-state index in [0.717, 1.165) is 35.7 Å². The maximum Gasteiger partial charge on any atom is 0.259 e. The van der Waals surface area contributed by atoms with E-state index in [1.165, 1.54) is 0 Å². The molecule has 0 aromatic carbocycles. The predicted molar refractivity (Wildman–Crippen MR) is 96.6 cm³/mol. The van der Waals surface area contributed by atoms with E-state index in [-0.39, 0.29) is 0 Å². The van der Waals surface area contributed by atoms with Crippen molar-refractivity contribution in [3.05, 3.63) is 53.7 Å². The molecule has 1 aliphatic rings. The highest BCUT2D eigenvalue weighted by atomic mass is 16.5. The van der Waals surface area contributed by atoms with Gasteiger partial charge in [0.1, 0.15) is 11.4 Å². The van der Waals surface area contributed by atoms with Gasteiger partial charge in [-0.3, -0.25) is 4.98 Å². The smallest absolute Gasteiger partial charge is 0.259 e. The van der Waals surface area contributed by atoms with Crippen LogP contribution in [0.1, 0.15) is 29.9 Å². The number of aryl methyl sites for hydroxylation is 2. The van der Waals surface area contributed by atoms with Crippen molar-refractivity contribution in [2.75, 3.05) is 18.0 Å². The minimum atomic E-state index is -0.870. The van der Waals surface area contributed by atoms with Gasteiger partial charge in [0.25, 0.3) is 5.89 Å². The van der Waals surface area contributed by atoms with E-state index in [2.05, 4.69) is 25.0 Å². The van der Waals surface area contributed by atoms with Crippen LogP contribution in [-0.4, -0.2) is 38.3 Å². The second kappa shape index (κ2) is 6.49. The van der Waals surface area contributed by atoms with Gasteiger partial charge in [-0.2, -0.15) is 4.98 Å². The molecule has 1 N–H and O–H groups in total. The first-order valence-electron chi connectivity index (χ1n) is 8.71. The fourth-order valence-corrected chi connectivity index (χ4v) is 3.22. The molecule has 0 aliphatic carbocycles. The van der Waals surface area contributed by atoms with Crippen molar-refractivity contribution in [3.8, 4) is 11.5 Å². The lowest BCUT2D eigenvalue weighted by atomic mass is 9.87. The molecule has 7 nitrogen and oxygen atoms in total. The van der Waals surface area contributed by atoms with Gasteiger partial charge in [0.05, 0.1) is 11.3 Å². The summed E-state index contributed by atoms with van der Waals surface area (Å²) in [5.74, 6) is 1.95. The topological polar surface area (TPSA) is 88.2 Å². The number of piperidine rings is 1. The van der Waals surface area contributed by atoms with Crippen LogP contribution < -0.4 is 4.90 Å². The van der Waals surface area contributed by atoms with Crippen LogP contribution in [0.2, 0.25) is 0 Å². The van der Waals surface area contributed by atoms with Crippen LogP contribution in [0.15, 0.2) is 41.2 Å². The van der Waals surface area contributed by atoms with Crippen molar-refractivity contribution < 1.29 is 9.63 Å². The summed E-state index contributed by atoms with van der Waals surface area (Å²) in [5, 5.41) is 14.8.